The highest BCUT2D eigenvalue weighted by atomic mass is 19.1. The van der Waals surface area contributed by atoms with Crippen LogP contribution in [0, 0.1) is 5.82 Å². The molecule has 0 aromatic heterocycles. The quantitative estimate of drug-likeness (QED) is 0.802. The van der Waals surface area contributed by atoms with Crippen molar-refractivity contribution in [2.75, 3.05) is 13.7 Å². The van der Waals surface area contributed by atoms with Gasteiger partial charge in [-0.25, -0.2) is 4.39 Å². The van der Waals surface area contributed by atoms with E-state index >= 15 is 0 Å². The number of rotatable bonds is 6. The summed E-state index contributed by atoms with van der Waals surface area (Å²) in [5.41, 5.74) is 0.730. The van der Waals surface area contributed by atoms with Crippen LogP contribution >= 0.6 is 0 Å². The van der Waals surface area contributed by atoms with Crippen molar-refractivity contribution in [3.8, 4) is 0 Å². The number of halogens is 1. The van der Waals surface area contributed by atoms with Gasteiger partial charge >= 0.3 is 0 Å². The molecule has 0 fully saturated rings. The Labute approximate surface area is 96.8 Å². The highest BCUT2D eigenvalue weighted by Crippen LogP contribution is 2.12. The van der Waals surface area contributed by atoms with Crippen LogP contribution < -0.4 is 5.32 Å². The summed E-state index contributed by atoms with van der Waals surface area (Å²) in [4.78, 5) is 0. The molecule has 0 saturated heterocycles. The van der Waals surface area contributed by atoms with Crippen LogP contribution in [0.2, 0.25) is 0 Å². The summed E-state index contributed by atoms with van der Waals surface area (Å²) < 4.78 is 19.0. The summed E-state index contributed by atoms with van der Waals surface area (Å²) in [6.45, 7) is 4.65. The van der Waals surface area contributed by atoms with Gasteiger partial charge < -0.3 is 10.1 Å². The van der Waals surface area contributed by atoms with Crippen molar-refractivity contribution in [1.82, 2.24) is 5.32 Å². The molecule has 1 aromatic carbocycles. The van der Waals surface area contributed by atoms with Gasteiger partial charge in [0.15, 0.2) is 0 Å². The lowest BCUT2D eigenvalue weighted by Gasteiger charge is -2.23. The van der Waals surface area contributed by atoms with E-state index in [4.69, 9.17) is 4.74 Å². The molecule has 0 spiro atoms. The molecule has 0 heterocycles. The average Bonchev–Trinajstić information content (AvgIpc) is 2.28. The Morgan fingerprint density at radius 1 is 1.38 bits per heavy atom. The standard InChI is InChI=1S/C13H20FNO/c1-4-16-10(2)13(15-3)9-11-7-5-6-8-12(11)14/h5-8,10,13,15H,4,9H2,1-3H3. The Bertz CT molecular complexity index is 317. The van der Waals surface area contributed by atoms with Crippen LogP contribution in [0.1, 0.15) is 19.4 Å². The molecule has 90 valence electrons. The van der Waals surface area contributed by atoms with Crippen LogP contribution in [0.5, 0.6) is 0 Å². The third-order valence-electron chi connectivity index (χ3n) is 2.76. The Morgan fingerprint density at radius 3 is 2.62 bits per heavy atom. The van der Waals surface area contributed by atoms with E-state index in [1.54, 1.807) is 6.07 Å². The van der Waals surface area contributed by atoms with Crippen LogP contribution in [0.4, 0.5) is 4.39 Å². The molecule has 0 radical (unpaired) electrons. The van der Waals surface area contributed by atoms with Crippen LogP contribution in [-0.2, 0) is 11.2 Å². The first-order chi connectivity index (χ1) is 7.69. The van der Waals surface area contributed by atoms with E-state index in [0.717, 1.165) is 5.56 Å². The second-order valence-corrected chi connectivity index (χ2v) is 3.85. The van der Waals surface area contributed by atoms with E-state index in [0.29, 0.717) is 13.0 Å². The molecule has 1 rings (SSSR count). The normalized spacial score (nSPS) is 14.8. The Kier molecular flexibility index (Phi) is 5.43. The highest BCUT2D eigenvalue weighted by molar-refractivity contribution is 5.18. The molecule has 16 heavy (non-hydrogen) atoms. The monoisotopic (exact) mass is 225 g/mol. The summed E-state index contributed by atoms with van der Waals surface area (Å²) >= 11 is 0. The second kappa shape index (κ2) is 6.61. The molecular formula is C13H20FNO. The Morgan fingerprint density at radius 2 is 2.06 bits per heavy atom. The van der Waals surface area contributed by atoms with Crippen molar-refractivity contribution in [2.45, 2.75) is 32.4 Å². The molecular weight excluding hydrogens is 205 g/mol. The number of hydrogen-bond acceptors (Lipinski definition) is 2. The molecule has 1 aromatic rings. The number of likely N-dealkylation sites (N-methyl/N-ethyl adjacent to an activating group) is 1. The summed E-state index contributed by atoms with van der Waals surface area (Å²) in [7, 11) is 1.88. The summed E-state index contributed by atoms with van der Waals surface area (Å²) in [5, 5.41) is 3.17. The molecule has 0 aliphatic carbocycles. The van der Waals surface area contributed by atoms with Crippen molar-refractivity contribution < 1.29 is 9.13 Å². The number of hydrogen-bond donors (Lipinski definition) is 1. The Hall–Kier alpha value is -0.930. The first kappa shape index (κ1) is 13.1. The minimum Gasteiger partial charge on any atom is -0.377 e. The van der Waals surface area contributed by atoms with Gasteiger partial charge in [-0.15, -0.1) is 0 Å². The van der Waals surface area contributed by atoms with Crippen molar-refractivity contribution >= 4 is 0 Å². The molecule has 0 bridgehead atoms. The fraction of sp³-hybridized carbons (Fsp3) is 0.538. The van der Waals surface area contributed by atoms with E-state index in [1.165, 1.54) is 6.07 Å². The van der Waals surface area contributed by atoms with Crippen LogP contribution in [-0.4, -0.2) is 25.8 Å². The predicted octanol–water partition coefficient (Wildman–Crippen LogP) is 2.38. The summed E-state index contributed by atoms with van der Waals surface area (Å²) in [6.07, 6.45) is 0.722. The zero-order valence-corrected chi connectivity index (χ0v) is 10.2. The van der Waals surface area contributed by atoms with Crippen molar-refractivity contribution in [3.63, 3.8) is 0 Å². The van der Waals surface area contributed by atoms with Crippen LogP contribution in [0.15, 0.2) is 24.3 Å². The van der Waals surface area contributed by atoms with Gasteiger partial charge in [0, 0.05) is 12.6 Å². The first-order valence-electron chi connectivity index (χ1n) is 5.71. The van der Waals surface area contributed by atoms with Gasteiger partial charge in [0.05, 0.1) is 6.10 Å². The van der Waals surface area contributed by atoms with E-state index in [2.05, 4.69) is 5.32 Å². The highest BCUT2D eigenvalue weighted by Gasteiger charge is 2.17. The number of nitrogens with one attached hydrogen (secondary N) is 1. The van der Waals surface area contributed by atoms with Gasteiger partial charge in [0.2, 0.25) is 0 Å². The Balaban J connectivity index is 2.66. The van der Waals surface area contributed by atoms with Gasteiger partial charge in [-0.1, -0.05) is 18.2 Å². The van der Waals surface area contributed by atoms with Crippen molar-refractivity contribution in [3.05, 3.63) is 35.6 Å². The molecule has 2 atom stereocenters. The van der Waals surface area contributed by atoms with E-state index in [-0.39, 0.29) is 18.0 Å². The molecule has 0 amide bonds. The maximum absolute atomic E-state index is 13.5. The molecule has 0 aliphatic rings. The van der Waals surface area contributed by atoms with Gasteiger partial charge in [-0.3, -0.25) is 0 Å². The zero-order chi connectivity index (χ0) is 12.0. The van der Waals surface area contributed by atoms with Gasteiger partial charge in [-0.2, -0.15) is 0 Å². The van der Waals surface area contributed by atoms with E-state index in [1.807, 2.05) is 33.0 Å². The van der Waals surface area contributed by atoms with E-state index in [9.17, 15) is 4.39 Å². The van der Waals surface area contributed by atoms with Crippen LogP contribution in [0.25, 0.3) is 0 Å². The summed E-state index contributed by atoms with van der Waals surface area (Å²) in [6, 6.07) is 7.01. The molecule has 2 unspecified atom stereocenters. The lowest BCUT2D eigenvalue weighted by Crippen LogP contribution is -2.39. The maximum atomic E-state index is 13.5. The minimum atomic E-state index is -0.147. The van der Waals surface area contributed by atoms with Gasteiger partial charge in [0.1, 0.15) is 5.82 Å². The molecule has 2 nitrogen and oxygen atoms in total. The fourth-order valence-corrected chi connectivity index (χ4v) is 1.78. The fourth-order valence-electron chi connectivity index (χ4n) is 1.78. The largest absolute Gasteiger partial charge is 0.377 e. The van der Waals surface area contributed by atoms with Crippen molar-refractivity contribution in [1.29, 1.82) is 0 Å². The average molecular weight is 225 g/mol. The SMILES string of the molecule is CCOC(C)C(Cc1ccccc1F)NC. The number of benzene rings is 1. The molecule has 0 aliphatic heterocycles. The zero-order valence-electron chi connectivity index (χ0n) is 10.2. The van der Waals surface area contributed by atoms with Crippen molar-refractivity contribution in [2.24, 2.45) is 0 Å². The molecule has 3 heteroatoms. The number of ether oxygens (including phenoxy) is 1. The topological polar surface area (TPSA) is 21.3 Å². The van der Waals surface area contributed by atoms with Gasteiger partial charge in [-0.05, 0) is 38.9 Å². The second-order valence-electron chi connectivity index (χ2n) is 3.85. The minimum absolute atomic E-state index is 0.0783. The summed E-state index contributed by atoms with van der Waals surface area (Å²) in [5.74, 6) is -0.147. The first-order valence-corrected chi connectivity index (χ1v) is 5.71. The van der Waals surface area contributed by atoms with E-state index < -0.39 is 0 Å². The van der Waals surface area contributed by atoms with Crippen LogP contribution in [0.3, 0.4) is 0 Å². The van der Waals surface area contributed by atoms with Gasteiger partial charge in [0.25, 0.3) is 0 Å². The molecule has 0 saturated carbocycles. The smallest absolute Gasteiger partial charge is 0.126 e. The third-order valence-corrected chi connectivity index (χ3v) is 2.76. The predicted molar refractivity (Wildman–Crippen MR) is 64.0 cm³/mol. The lowest BCUT2D eigenvalue weighted by molar-refractivity contribution is 0.0495. The maximum Gasteiger partial charge on any atom is 0.126 e. The third kappa shape index (κ3) is 3.58. The lowest BCUT2D eigenvalue weighted by atomic mass is 10.0. The molecule has 1 N–H and O–H groups in total.